The van der Waals surface area contributed by atoms with E-state index < -0.39 is 6.04 Å². The molecule has 31 heavy (non-hydrogen) atoms. The first-order valence-electron chi connectivity index (χ1n) is 10.9. The van der Waals surface area contributed by atoms with Crippen LogP contribution in [0.3, 0.4) is 0 Å². The van der Waals surface area contributed by atoms with Crippen LogP contribution in [0.25, 0.3) is 0 Å². The van der Waals surface area contributed by atoms with Gasteiger partial charge < -0.3 is 19.7 Å². The highest BCUT2D eigenvalue weighted by atomic mass is 16.5. The molecular formula is C22H28N4O5. The molecule has 0 saturated carbocycles. The molecule has 4 heterocycles. The van der Waals surface area contributed by atoms with Gasteiger partial charge in [0.15, 0.2) is 0 Å². The van der Waals surface area contributed by atoms with Crippen LogP contribution in [0.1, 0.15) is 34.3 Å². The average molecular weight is 428 g/mol. The molecule has 1 aromatic carbocycles. The number of nitrogens with one attached hydrogen (secondary N) is 2. The van der Waals surface area contributed by atoms with E-state index in [1.807, 2.05) is 18.2 Å². The van der Waals surface area contributed by atoms with Crippen molar-refractivity contribution in [2.75, 3.05) is 46.1 Å². The van der Waals surface area contributed by atoms with Crippen molar-refractivity contribution in [1.82, 2.24) is 20.4 Å². The topological polar surface area (TPSA) is 100 Å². The van der Waals surface area contributed by atoms with Gasteiger partial charge in [0.1, 0.15) is 6.04 Å². The number of ether oxygens (including phenoxy) is 2. The highest BCUT2D eigenvalue weighted by Crippen LogP contribution is 2.31. The number of hydrogen-bond donors (Lipinski definition) is 2. The van der Waals surface area contributed by atoms with Crippen molar-refractivity contribution in [3.05, 3.63) is 34.9 Å². The van der Waals surface area contributed by atoms with Gasteiger partial charge in [0.2, 0.25) is 11.8 Å². The van der Waals surface area contributed by atoms with Crippen LogP contribution in [0, 0.1) is 0 Å². The molecule has 1 aromatic rings. The van der Waals surface area contributed by atoms with E-state index in [-0.39, 0.29) is 29.7 Å². The Labute approximate surface area is 181 Å². The Morgan fingerprint density at radius 2 is 1.97 bits per heavy atom. The van der Waals surface area contributed by atoms with Crippen LogP contribution < -0.4 is 10.6 Å². The molecule has 3 amide bonds. The number of fused-ring (bicyclic) bond motifs is 1. The third kappa shape index (κ3) is 3.98. The quantitative estimate of drug-likeness (QED) is 0.634. The molecule has 0 radical (unpaired) electrons. The summed E-state index contributed by atoms with van der Waals surface area (Å²) in [5.41, 5.74) is 2.37. The largest absolute Gasteiger partial charge is 0.378 e. The van der Waals surface area contributed by atoms with Gasteiger partial charge in [-0.05, 0) is 17.5 Å². The summed E-state index contributed by atoms with van der Waals surface area (Å²) in [6.45, 7) is 5.95. The van der Waals surface area contributed by atoms with E-state index >= 15 is 0 Å². The number of morpholine rings is 1. The molecule has 2 N–H and O–H groups in total. The molecule has 4 aliphatic heterocycles. The van der Waals surface area contributed by atoms with Crippen LogP contribution in [0.5, 0.6) is 0 Å². The van der Waals surface area contributed by atoms with E-state index in [2.05, 4.69) is 15.5 Å². The van der Waals surface area contributed by atoms with Gasteiger partial charge in [-0.1, -0.05) is 18.2 Å². The maximum absolute atomic E-state index is 13.3. The maximum Gasteiger partial charge on any atom is 0.255 e. The van der Waals surface area contributed by atoms with Gasteiger partial charge >= 0.3 is 0 Å². The second-order valence-corrected chi connectivity index (χ2v) is 8.87. The minimum atomic E-state index is -0.594. The van der Waals surface area contributed by atoms with Gasteiger partial charge in [-0.15, -0.1) is 0 Å². The van der Waals surface area contributed by atoms with Crippen LogP contribution in [0.2, 0.25) is 0 Å². The number of carbonyl (C=O) groups is 3. The van der Waals surface area contributed by atoms with Gasteiger partial charge in [0, 0.05) is 44.7 Å². The molecule has 3 saturated heterocycles. The van der Waals surface area contributed by atoms with Crippen LogP contribution in [0.15, 0.2) is 18.2 Å². The Bertz CT molecular complexity index is 898. The fourth-order valence-corrected chi connectivity index (χ4v) is 5.11. The summed E-state index contributed by atoms with van der Waals surface area (Å²) in [4.78, 5) is 41.1. The van der Waals surface area contributed by atoms with E-state index in [9.17, 15) is 14.4 Å². The highest BCUT2D eigenvalue weighted by Gasteiger charge is 2.41. The van der Waals surface area contributed by atoms with Crippen molar-refractivity contribution in [2.45, 2.75) is 37.5 Å². The molecule has 166 valence electrons. The number of amides is 3. The zero-order chi connectivity index (χ0) is 21.4. The smallest absolute Gasteiger partial charge is 0.255 e. The number of nitrogens with zero attached hydrogens (tertiary/aromatic N) is 2. The van der Waals surface area contributed by atoms with Crippen molar-refractivity contribution in [1.29, 1.82) is 0 Å². The van der Waals surface area contributed by atoms with E-state index in [0.29, 0.717) is 51.5 Å². The molecule has 9 nitrogen and oxygen atoms in total. The van der Waals surface area contributed by atoms with E-state index in [0.717, 1.165) is 30.8 Å². The molecule has 0 bridgehead atoms. The fourth-order valence-electron chi connectivity index (χ4n) is 5.11. The monoisotopic (exact) mass is 428 g/mol. The molecule has 0 aromatic heterocycles. The van der Waals surface area contributed by atoms with Gasteiger partial charge in [-0.25, -0.2) is 0 Å². The summed E-state index contributed by atoms with van der Waals surface area (Å²) < 4.78 is 11.6. The molecule has 3 fully saturated rings. The Kier molecular flexibility index (Phi) is 5.51. The van der Waals surface area contributed by atoms with Gasteiger partial charge in [0.25, 0.3) is 5.91 Å². The predicted molar refractivity (Wildman–Crippen MR) is 110 cm³/mol. The predicted octanol–water partition coefficient (Wildman–Crippen LogP) is -0.362. The Morgan fingerprint density at radius 1 is 1.13 bits per heavy atom. The number of rotatable bonds is 3. The lowest BCUT2D eigenvalue weighted by molar-refractivity contribution is -0.136. The summed E-state index contributed by atoms with van der Waals surface area (Å²) in [5, 5.41) is 5.93. The molecule has 2 unspecified atom stereocenters. The summed E-state index contributed by atoms with van der Waals surface area (Å²) in [5.74, 6) is -0.780. The Balaban J connectivity index is 1.35. The zero-order valence-electron chi connectivity index (χ0n) is 17.5. The van der Waals surface area contributed by atoms with Crippen LogP contribution >= 0.6 is 0 Å². The maximum atomic E-state index is 13.3. The third-order valence-corrected chi connectivity index (χ3v) is 6.61. The first-order valence-corrected chi connectivity index (χ1v) is 10.9. The van der Waals surface area contributed by atoms with Crippen molar-refractivity contribution in [3.63, 3.8) is 0 Å². The number of benzene rings is 1. The van der Waals surface area contributed by atoms with Crippen molar-refractivity contribution in [3.8, 4) is 0 Å². The van der Waals surface area contributed by atoms with Gasteiger partial charge in [-0.2, -0.15) is 0 Å². The van der Waals surface area contributed by atoms with Crippen LogP contribution in [-0.2, 0) is 32.2 Å². The Morgan fingerprint density at radius 3 is 2.77 bits per heavy atom. The standard InChI is InChI=1S/C22H28N4O5/c27-18-5-4-17(20(28)24-18)26-11-16-3-1-2-15(19(16)21(26)29)10-25-7-9-31-14-22(12-25)13-30-8-6-23-22/h1-3,17,23H,4-14H2,(H,24,27,28). The normalized spacial score (nSPS) is 29.7. The SMILES string of the molecule is O=C1CCC(N2Cc3cccc(CN4CCOCC5(COCCN5)C4)c3C2=O)C(=O)N1. The van der Waals surface area contributed by atoms with E-state index in [1.54, 1.807) is 4.90 Å². The van der Waals surface area contributed by atoms with Crippen molar-refractivity contribution < 1.29 is 23.9 Å². The average Bonchev–Trinajstić information content (AvgIpc) is 2.97. The Hall–Kier alpha value is -2.33. The van der Waals surface area contributed by atoms with E-state index in [4.69, 9.17) is 9.47 Å². The minimum absolute atomic E-state index is 0.125. The number of hydrogen-bond acceptors (Lipinski definition) is 7. The lowest BCUT2D eigenvalue weighted by atomic mass is 9.98. The van der Waals surface area contributed by atoms with E-state index in [1.165, 1.54) is 0 Å². The number of imide groups is 1. The lowest BCUT2D eigenvalue weighted by Gasteiger charge is -2.39. The molecule has 9 heteroatoms. The summed E-state index contributed by atoms with van der Waals surface area (Å²) >= 11 is 0. The number of carbonyl (C=O) groups excluding carboxylic acids is 3. The zero-order valence-corrected chi connectivity index (χ0v) is 17.5. The molecule has 0 aliphatic carbocycles. The number of piperidine rings is 1. The fraction of sp³-hybridized carbons (Fsp3) is 0.591. The van der Waals surface area contributed by atoms with Crippen LogP contribution in [0.4, 0.5) is 0 Å². The summed E-state index contributed by atoms with van der Waals surface area (Å²) in [7, 11) is 0. The van der Waals surface area contributed by atoms with Crippen molar-refractivity contribution in [2.24, 2.45) is 0 Å². The third-order valence-electron chi connectivity index (χ3n) is 6.61. The molecule has 4 aliphatic rings. The van der Waals surface area contributed by atoms with Crippen LogP contribution in [-0.4, -0.2) is 85.2 Å². The van der Waals surface area contributed by atoms with Gasteiger partial charge in [-0.3, -0.25) is 24.6 Å². The highest BCUT2D eigenvalue weighted by molar-refractivity contribution is 6.05. The first-order chi connectivity index (χ1) is 15.0. The van der Waals surface area contributed by atoms with Gasteiger partial charge in [0.05, 0.1) is 32.0 Å². The second-order valence-electron chi connectivity index (χ2n) is 8.87. The molecule has 2 atom stereocenters. The van der Waals surface area contributed by atoms with Crippen molar-refractivity contribution >= 4 is 17.7 Å². The molecule has 1 spiro atoms. The molecule has 5 rings (SSSR count). The summed E-state index contributed by atoms with van der Waals surface area (Å²) in [6.07, 6.45) is 0.631. The second kappa shape index (κ2) is 8.31. The lowest BCUT2D eigenvalue weighted by Crippen LogP contribution is -2.61. The minimum Gasteiger partial charge on any atom is -0.378 e. The first kappa shape index (κ1) is 20.6. The summed E-state index contributed by atoms with van der Waals surface area (Å²) in [6, 6.07) is 5.32. The molecular weight excluding hydrogens is 400 g/mol.